The number of benzene rings is 8. The molecule has 7 aromatic heterocycles. The summed E-state index contributed by atoms with van der Waals surface area (Å²) in [6, 6.07) is 32.6. The summed E-state index contributed by atoms with van der Waals surface area (Å²) in [7, 11) is 0. The maximum atomic E-state index is 7.98. The number of halogens is 4. The van der Waals surface area contributed by atoms with Crippen LogP contribution in [-0.4, -0.2) is 70.9 Å². The summed E-state index contributed by atoms with van der Waals surface area (Å²) >= 11 is 38.0. The second-order valence-corrected chi connectivity index (χ2v) is 33.1. The molecule has 17 nitrogen and oxygen atoms in total. The molecule has 0 spiro atoms. The van der Waals surface area contributed by atoms with Gasteiger partial charge in [-0.05, 0) is 107 Å². The fraction of sp³-hybridized carbons (Fsp3) is 0.263. The van der Waals surface area contributed by atoms with Crippen LogP contribution in [0.3, 0.4) is 0 Å². The normalized spacial score (nSPS) is 13.1. The molecule has 0 aliphatic carbocycles. The van der Waals surface area contributed by atoms with E-state index in [1.54, 1.807) is 55.3 Å². The summed E-state index contributed by atoms with van der Waals surface area (Å²) < 4.78 is 43.0. The zero-order valence-corrected chi connectivity index (χ0v) is 62.3. The molecule has 10 heterocycles. The van der Waals surface area contributed by atoms with E-state index in [2.05, 4.69) is 130 Å². The average Bonchev–Trinajstić information content (AvgIpc) is 1.53. The first-order valence-corrected chi connectivity index (χ1v) is 38.7. The van der Waals surface area contributed by atoms with Gasteiger partial charge in [-0.15, -0.1) is 27.7 Å². The molecule has 15 aromatic rings. The molecule has 5 N–H and O–H groups in total. The van der Waals surface area contributed by atoms with Crippen LogP contribution in [0.5, 0.6) is 23.0 Å². The molecule has 0 saturated carbocycles. The van der Waals surface area contributed by atoms with Crippen LogP contribution in [0.2, 0.25) is 20.1 Å². The van der Waals surface area contributed by atoms with Crippen molar-refractivity contribution in [1.82, 2.24) is 44.4 Å². The minimum atomic E-state index is 0.247. The van der Waals surface area contributed by atoms with Crippen LogP contribution in [0.15, 0.2) is 121 Å². The number of hydrogen-bond donors (Lipinski definition) is 5. The molecule has 0 saturated heterocycles. The predicted octanol–water partition coefficient (Wildman–Crippen LogP) is 23.4. The highest BCUT2D eigenvalue weighted by atomic mass is 35.5. The summed E-state index contributed by atoms with van der Waals surface area (Å²) in [6.45, 7) is 18.7. The van der Waals surface area contributed by atoms with Gasteiger partial charge in [-0.25, -0.2) is 9.97 Å². The lowest BCUT2D eigenvalue weighted by molar-refractivity contribution is -0.717. The standard InChI is InChI=1S/C76H64Cl4N12O5S4/c1-33(2)25-29-93-61-49-46(58-66(53(61)77)99-42-22-14-10-18-38(42)82-58)70-87-71(49)85-69-45-50(62(94-30-26-34(3)4)54(78)65-57(45)81-37-17-9-13-21-41(37)98-65)72(86-69)89-73-47-52(64(96-32-28-36(7)8)56(80)67-59(47)83-39-19-11-15-23-43(39)100-67)76-90-74-48-51(75(88-70)92(74)97-91(73)76)63(95-31-27-35(5)6)55(79)68-60(48)84-40-20-12-16-24-44(40)101-68/h9-24,33-36H,25-32H2,1-8H3,(H4,81,82,83,84,85,86,87,88,89,90)/p+1. The molecule has 8 aromatic carbocycles. The van der Waals surface area contributed by atoms with E-state index >= 15 is 0 Å². The van der Waals surface area contributed by atoms with Gasteiger partial charge in [0.05, 0.1) is 148 Å². The molecular weight excluding hydrogens is 1430 g/mol. The molecule has 0 unspecified atom stereocenters. The minimum absolute atomic E-state index is 0.247. The molecule has 0 fully saturated rings. The second-order valence-electron chi connectivity index (χ2n) is 27.4. The van der Waals surface area contributed by atoms with E-state index in [0.29, 0.717) is 187 Å². The first-order chi connectivity index (χ1) is 49.0. The Morgan fingerprint density at radius 2 is 0.911 bits per heavy atom. The lowest BCUT2D eigenvalue weighted by Gasteiger charge is -2.26. The Morgan fingerprint density at radius 3 is 1.50 bits per heavy atom. The van der Waals surface area contributed by atoms with E-state index in [0.717, 1.165) is 86.5 Å². The lowest BCUT2D eigenvalue weighted by atomic mass is 10.0. The van der Waals surface area contributed by atoms with Gasteiger partial charge in [0.1, 0.15) is 21.1 Å². The maximum Gasteiger partial charge on any atom is 0.287 e. The van der Waals surface area contributed by atoms with Crippen LogP contribution in [-0.2, 0) is 0 Å². The fourth-order valence-electron chi connectivity index (χ4n) is 13.5. The van der Waals surface area contributed by atoms with Crippen molar-refractivity contribution < 1.29 is 28.1 Å². The van der Waals surface area contributed by atoms with Crippen molar-refractivity contribution in [3.05, 3.63) is 117 Å². The van der Waals surface area contributed by atoms with Crippen molar-refractivity contribution in [3.63, 3.8) is 0 Å². The van der Waals surface area contributed by atoms with Crippen LogP contribution < -0.4 is 34.2 Å². The van der Waals surface area contributed by atoms with E-state index in [4.69, 9.17) is 94.9 Å². The third kappa shape index (κ3) is 10.6. The maximum absolute atomic E-state index is 7.98. The molecule has 0 atom stereocenters. The van der Waals surface area contributed by atoms with Crippen molar-refractivity contribution in [1.29, 1.82) is 0 Å². The molecule has 3 aliphatic rings. The number of nitrogens with one attached hydrogen (secondary N) is 5. The number of fused-ring (bicyclic) bond motifs is 28. The number of para-hydroxylation sites is 4. The third-order valence-corrected chi connectivity index (χ3v) is 25.3. The van der Waals surface area contributed by atoms with Crippen LogP contribution in [0.4, 0.5) is 22.7 Å². The molecule has 0 amide bonds. The van der Waals surface area contributed by atoms with E-state index in [1.807, 2.05) is 48.5 Å². The van der Waals surface area contributed by atoms with Crippen molar-refractivity contribution in [2.75, 3.05) is 37.1 Å². The van der Waals surface area contributed by atoms with E-state index < -0.39 is 0 Å². The number of ether oxygens (including phenoxy) is 4. The summed E-state index contributed by atoms with van der Waals surface area (Å²) in [5, 5.41) is 12.7. The Labute approximate surface area is 614 Å². The van der Waals surface area contributed by atoms with Crippen LogP contribution in [0, 0.1) is 23.7 Å². The van der Waals surface area contributed by atoms with E-state index in [9.17, 15) is 0 Å². The summed E-state index contributed by atoms with van der Waals surface area (Å²) in [6.07, 6.45) is 2.91. The van der Waals surface area contributed by atoms with Gasteiger partial charge >= 0.3 is 0 Å². The average molecular weight is 1500 g/mol. The Balaban J connectivity index is 1.11. The summed E-state index contributed by atoms with van der Waals surface area (Å²) in [5.74, 6) is 3.29. The van der Waals surface area contributed by atoms with Gasteiger partial charge < -0.3 is 44.5 Å². The first kappa shape index (κ1) is 64.7. The number of aromatic nitrogens is 10. The van der Waals surface area contributed by atoms with Gasteiger partial charge in [0, 0.05) is 9.79 Å². The molecule has 3 aliphatic heterocycles. The molecule has 0 radical (unpaired) electrons. The number of aromatic amines is 3. The van der Waals surface area contributed by atoms with Gasteiger partial charge in [0.2, 0.25) is 11.3 Å². The number of nitrogens with zero attached hydrogens (tertiary/aromatic N) is 7. The highest BCUT2D eigenvalue weighted by molar-refractivity contribution is 8.00. The van der Waals surface area contributed by atoms with E-state index in [-0.39, 0.29) is 17.3 Å². The van der Waals surface area contributed by atoms with Gasteiger partial charge in [0.25, 0.3) is 16.9 Å². The smallest absolute Gasteiger partial charge is 0.287 e. The van der Waals surface area contributed by atoms with Gasteiger partial charge in [-0.2, -0.15) is 9.61 Å². The van der Waals surface area contributed by atoms with Gasteiger partial charge in [0.15, 0.2) is 34.6 Å². The second kappa shape index (κ2) is 25.2. The highest BCUT2D eigenvalue weighted by Crippen LogP contribution is 2.61. The molecule has 510 valence electrons. The first-order valence-electron chi connectivity index (χ1n) is 33.9. The Hall–Kier alpha value is -8.38. The Bertz CT molecular complexity index is 6190. The zero-order valence-electron chi connectivity index (χ0n) is 56.0. The van der Waals surface area contributed by atoms with Gasteiger partial charge in [-0.1, -0.05) is 179 Å². The van der Waals surface area contributed by atoms with Crippen molar-refractivity contribution in [2.24, 2.45) is 23.7 Å². The molecular formula is C76H65Cl4N12O5S4+. The SMILES string of the molecule is CC(C)CCOc1c(Cl)c2c(c3c1-c1nc-3nc3c4c(OCCC(C)C)c(Cl)c5sc6ccccc6[nH]c5c4c4nc5c6c(OCCC(C)C)c(Cl)c7sc8ccccc8[nH]c7c6c(nc6[nH]c(n1)c1c7c(c(Cl)c(OCCC(C)C)c61)Sc1ccccc1N7)[n+]5on34)Nc1ccccc1S2. The van der Waals surface area contributed by atoms with Crippen molar-refractivity contribution in [3.8, 4) is 45.8 Å². The minimum Gasteiger partial charge on any atom is -0.491 e. The molecule has 25 heteroatoms. The van der Waals surface area contributed by atoms with Crippen LogP contribution in [0.25, 0.3) is 130 Å². The lowest BCUT2D eigenvalue weighted by Crippen LogP contribution is -2.23. The van der Waals surface area contributed by atoms with Gasteiger partial charge in [-0.3, -0.25) is 0 Å². The largest absolute Gasteiger partial charge is 0.491 e. The molecule has 101 heavy (non-hydrogen) atoms. The highest BCUT2D eigenvalue weighted by Gasteiger charge is 2.40. The third-order valence-electron chi connectivity index (χ3n) is 18.7. The Kier molecular flexibility index (Phi) is 16.2. The monoisotopic (exact) mass is 1490 g/mol. The number of hydrogen-bond acceptors (Lipinski definition) is 16. The quantitative estimate of drug-likeness (QED) is 0.0453. The topological polar surface area (TPSA) is 194 Å². The fourth-order valence-corrected chi connectivity index (χ4v) is 19.1. The molecule has 18 rings (SSSR count). The number of rotatable bonds is 16. The van der Waals surface area contributed by atoms with Crippen LogP contribution in [0.1, 0.15) is 81.1 Å². The number of H-pyrrole nitrogens is 3. The van der Waals surface area contributed by atoms with Crippen molar-refractivity contribution >= 4 is 222 Å². The van der Waals surface area contributed by atoms with Crippen molar-refractivity contribution in [2.45, 2.75) is 101 Å². The molecule has 6 bridgehead atoms. The Morgan fingerprint density at radius 1 is 0.446 bits per heavy atom. The van der Waals surface area contributed by atoms with E-state index in [1.165, 1.54) is 0 Å². The number of anilines is 4. The van der Waals surface area contributed by atoms with Crippen LogP contribution >= 0.6 is 92.6 Å². The zero-order chi connectivity index (χ0) is 69.0. The summed E-state index contributed by atoms with van der Waals surface area (Å²) in [5.41, 5.74) is 9.22. The predicted molar refractivity (Wildman–Crippen MR) is 415 cm³/mol. The summed E-state index contributed by atoms with van der Waals surface area (Å²) in [4.78, 5) is 44.2.